The lowest BCUT2D eigenvalue weighted by Gasteiger charge is -2.10. The Labute approximate surface area is 164 Å². The fourth-order valence-corrected chi connectivity index (χ4v) is 2.98. The highest BCUT2D eigenvalue weighted by Gasteiger charge is 2.14. The predicted octanol–water partition coefficient (Wildman–Crippen LogP) is 5.11. The maximum absolute atomic E-state index is 12.6. The zero-order valence-corrected chi connectivity index (χ0v) is 15.6. The molecule has 1 N–H and O–H groups in total. The average Bonchev–Trinajstić information content (AvgIpc) is 2.61. The summed E-state index contributed by atoms with van der Waals surface area (Å²) in [5.74, 6) is -0.537. The molecule has 1 amide bonds. The molecule has 132 valence electrons. The third-order valence-electron chi connectivity index (χ3n) is 3.71. The highest BCUT2D eigenvalue weighted by atomic mass is 35.5. The first-order valence-corrected chi connectivity index (χ1v) is 8.78. The largest absolute Gasteiger partial charge is 0.320 e. The van der Waals surface area contributed by atoms with Crippen LogP contribution in [-0.4, -0.2) is 10.5 Å². The van der Waals surface area contributed by atoms with Crippen LogP contribution in [0.1, 0.15) is 15.9 Å². The van der Waals surface area contributed by atoms with Crippen molar-refractivity contribution in [3.05, 3.63) is 97.3 Å². The fraction of sp³-hybridized carbons (Fsp3) is 0.0526. The Morgan fingerprint density at radius 3 is 2.35 bits per heavy atom. The van der Waals surface area contributed by atoms with Crippen LogP contribution in [0, 0.1) is 0 Å². The van der Waals surface area contributed by atoms with Crippen molar-refractivity contribution in [2.24, 2.45) is 0 Å². The van der Waals surface area contributed by atoms with Gasteiger partial charge in [0.2, 0.25) is 0 Å². The number of amides is 1. The molecule has 0 saturated carbocycles. The Hall–Kier alpha value is -2.27. The van der Waals surface area contributed by atoms with E-state index >= 15 is 0 Å². The van der Waals surface area contributed by atoms with E-state index in [9.17, 15) is 9.59 Å². The molecule has 0 atom stereocenters. The number of nitrogens with one attached hydrogen (secondary N) is 1. The van der Waals surface area contributed by atoms with E-state index in [1.54, 1.807) is 36.5 Å². The van der Waals surface area contributed by atoms with E-state index in [4.69, 9.17) is 34.8 Å². The van der Waals surface area contributed by atoms with E-state index in [1.165, 1.54) is 16.7 Å². The fourth-order valence-electron chi connectivity index (χ4n) is 2.40. The zero-order valence-electron chi connectivity index (χ0n) is 13.4. The third-order valence-corrected chi connectivity index (χ3v) is 4.51. The van der Waals surface area contributed by atoms with E-state index < -0.39 is 11.5 Å². The monoisotopic (exact) mass is 406 g/mol. The molecule has 4 nitrogen and oxygen atoms in total. The second-order valence-corrected chi connectivity index (χ2v) is 6.84. The topological polar surface area (TPSA) is 51.1 Å². The quantitative estimate of drug-likeness (QED) is 0.653. The number of nitrogens with zero attached hydrogens (tertiary/aromatic N) is 1. The predicted molar refractivity (Wildman–Crippen MR) is 106 cm³/mol. The molecule has 26 heavy (non-hydrogen) atoms. The Morgan fingerprint density at radius 1 is 0.962 bits per heavy atom. The van der Waals surface area contributed by atoms with Gasteiger partial charge < -0.3 is 9.88 Å². The van der Waals surface area contributed by atoms with E-state index in [0.717, 1.165) is 5.56 Å². The van der Waals surface area contributed by atoms with Gasteiger partial charge in [0.1, 0.15) is 5.56 Å². The molecule has 3 rings (SSSR count). The number of hydrogen-bond donors (Lipinski definition) is 1. The van der Waals surface area contributed by atoms with E-state index in [-0.39, 0.29) is 5.56 Å². The maximum Gasteiger partial charge on any atom is 0.263 e. The number of carbonyl (C=O) groups is 1. The maximum atomic E-state index is 12.6. The van der Waals surface area contributed by atoms with E-state index in [0.29, 0.717) is 27.3 Å². The summed E-state index contributed by atoms with van der Waals surface area (Å²) in [6.07, 6.45) is 1.63. The summed E-state index contributed by atoms with van der Waals surface area (Å²) in [4.78, 5) is 25.1. The molecule has 0 aliphatic carbocycles. The van der Waals surface area contributed by atoms with Crippen LogP contribution in [0.25, 0.3) is 0 Å². The van der Waals surface area contributed by atoms with Crippen molar-refractivity contribution in [3.63, 3.8) is 0 Å². The average molecular weight is 408 g/mol. The number of halogens is 3. The van der Waals surface area contributed by atoms with Gasteiger partial charge in [0.05, 0.1) is 17.3 Å². The van der Waals surface area contributed by atoms with Crippen LogP contribution in [0.15, 0.2) is 65.6 Å². The number of benzene rings is 2. The van der Waals surface area contributed by atoms with Crippen molar-refractivity contribution in [3.8, 4) is 0 Å². The lowest BCUT2D eigenvalue weighted by atomic mass is 10.2. The second kappa shape index (κ2) is 7.96. The molecule has 0 fully saturated rings. The van der Waals surface area contributed by atoms with Crippen LogP contribution in [0.4, 0.5) is 5.69 Å². The Kier molecular flexibility index (Phi) is 5.67. The van der Waals surface area contributed by atoms with Crippen LogP contribution in [0.2, 0.25) is 15.1 Å². The molecule has 0 spiro atoms. The molecule has 0 saturated heterocycles. The SMILES string of the molecule is O=C(Nc1ccc(Cl)cc1Cl)c1cccn(Cc2ccc(Cl)cc2)c1=O. The van der Waals surface area contributed by atoms with Crippen molar-refractivity contribution in [1.29, 1.82) is 0 Å². The minimum atomic E-state index is -0.537. The van der Waals surface area contributed by atoms with Gasteiger partial charge in [-0.05, 0) is 48.0 Å². The summed E-state index contributed by atoms with van der Waals surface area (Å²) in [6, 6.07) is 15.0. The number of aromatic nitrogens is 1. The molecule has 0 aliphatic heterocycles. The van der Waals surface area contributed by atoms with Gasteiger partial charge in [-0.2, -0.15) is 0 Å². The van der Waals surface area contributed by atoms with Gasteiger partial charge in [0.25, 0.3) is 11.5 Å². The summed E-state index contributed by atoms with van der Waals surface area (Å²) in [7, 11) is 0. The van der Waals surface area contributed by atoms with Crippen molar-refractivity contribution < 1.29 is 4.79 Å². The van der Waals surface area contributed by atoms with Crippen LogP contribution in [0.5, 0.6) is 0 Å². The standard InChI is InChI=1S/C19H13Cl3N2O2/c20-13-5-3-12(4-6-13)11-24-9-1-2-15(19(24)26)18(25)23-17-8-7-14(21)10-16(17)22/h1-10H,11H2,(H,23,25). The van der Waals surface area contributed by atoms with Gasteiger partial charge in [-0.25, -0.2) is 0 Å². The molecular weight excluding hydrogens is 395 g/mol. The molecule has 1 aromatic heterocycles. The highest BCUT2D eigenvalue weighted by molar-refractivity contribution is 6.36. The van der Waals surface area contributed by atoms with E-state index in [2.05, 4.69) is 5.32 Å². The third kappa shape index (κ3) is 4.28. The zero-order chi connectivity index (χ0) is 18.7. The van der Waals surface area contributed by atoms with Gasteiger partial charge in [0, 0.05) is 16.2 Å². The Bertz CT molecular complexity index is 1010. The molecule has 0 unspecified atom stereocenters. The summed E-state index contributed by atoms with van der Waals surface area (Å²) >= 11 is 17.8. The molecule has 0 bridgehead atoms. The van der Waals surface area contributed by atoms with Gasteiger partial charge in [-0.3, -0.25) is 9.59 Å². The van der Waals surface area contributed by atoms with Crippen LogP contribution in [0.3, 0.4) is 0 Å². The lowest BCUT2D eigenvalue weighted by Crippen LogP contribution is -2.29. The van der Waals surface area contributed by atoms with Crippen molar-refractivity contribution >= 4 is 46.4 Å². The first-order valence-electron chi connectivity index (χ1n) is 7.64. The van der Waals surface area contributed by atoms with E-state index in [1.807, 2.05) is 12.1 Å². The van der Waals surface area contributed by atoms with Crippen molar-refractivity contribution in [1.82, 2.24) is 4.57 Å². The molecule has 7 heteroatoms. The first-order chi connectivity index (χ1) is 12.4. The molecule has 0 radical (unpaired) electrons. The molecular formula is C19H13Cl3N2O2. The number of pyridine rings is 1. The molecule has 2 aromatic carbocycles. The summed E-state index contributed by atoms with van der Waals surface area (Å²) in [5.41, 5.74) is 0.904. The smallest absolute Gasteiger partial charge is 0.263 e. The molecule has 0 aliphatic rings. The minimum Gasteiger partial charge on any atom is -0.320 e. The second-order valence-electron chi connectivity index (χ2n) is 5.56. The number of rotatable bonds is 4. The van der Waals surface area contributed by atoms with Gasteiger partial charge >= 0.3 is 0 Å². The van der Waals surface area contributed by atoms with Crippen molar-refractivity contribution in [2.75, 3.05) is 5.32 Å². The van der Waals surface area contributed by atoms with Crippen LogP contribution >= 0.6 is 34.8 Å². The number of anilines is 1. The van der Waals surface area contributed by atoms with Crippen LogP contribution in [-0.2, 0) is 6.54 Å². The normalized spacial score (nSPS) is 10.6. The number of hydrogen-bond acceptors (Lipinski definition) is 2. The van der Waals surface area contributed by atoms with Crippen LogP contribution < -0.4 is 10.9 Å². The van der Waals surface area contributed by atoms with Gasteiger partial charge in [0.15, 0.2) is 0 Å². The highest BCUT2D eigenvalue weighted by Crippen LogP contribution is 2.25. The van der Waals surface area contributed by atoms with Gasteiger partial charge in [-0.15, -0.1) is 0 Å². The van der Waals surface area contributed by atoms with Crippen molar-refractivity contribution in [2.45, 2.75) is 6.54 Å². The first kappa shape index (κ1) is 18.5. The summed E-state index contributed by atoms with van der Waals surface area (Å²) in [6.45, 7) is 0.332. The minimum absolute atomic E-state index is 0.0208. The summed E-state index contributed by atoms with van der Waals surface area (Å²) in [5, 5.41) is 4.00. The summed E-state index contributed by atoms with van der Waals surface area (Å²) < 4.78 is 1.46. The lowest BCUT2D eigenvalue weighted by molar-refractivity contribution is 0.102. The Balaban J connectivity index is 1.85. The molecule has 1 heterocycles. The molecule has 3 aromatic rings. The van der Waals surface area contributed by atoms with Gasteiger partial charge in [-0.1, -0.05) is 46.9 Å². The Morgan fingerprint density at radius 2 is 1.65 bits per heavy atom. The number of carbonyl (C=O) groups excluding carboxylic acids is 1.